The molecule has 1 aliphatic rings. The monoisotopic (exact) mass is 161 g/mol. The number of aliphatic hydroxyl groups is 1. The highest BCUT2D eigenvalue weighted by atomic mass is 16.3. The fraction of sp³-hybridized carbons (Fsp3) is 0.200. The number of nitrogens with one attached hydrogen (secondary N) is 1. The molecular weight excluding hydrogens is 150 g/mol. The summed E-state index contributed by atoms with van der Waals surface area (Å²) in [4.78, 5) is 0. The van der Waals surface area contributed by atoms with Crippen molar-refractivity contribution >= 4 is 6.08 Å². The Morgan fingerprint density at radius 1 is 1.33 bits per heavy atom. The molecule has 0 spiro atoms. The lowest BCUT2D eigenvalue weighted by Crippen LogP contribution is -2.21. The van der Waals surface area contributed by atoms with Gasteiger partial charge in [0.2, 0.25) is 0 Å². The zero-order valence-corrected chi connectivity index (χ0v) is 6.91. The van der Waals surface area contributed by atoms with Crippen LogP contribution in [0.25, 0.3) is 6.08 Å². The summed E-state index contributed by atoms with van der Waals surface area (Å²) in [6, 6.07) is 8.25. The van der Waals surface area contributed by atoms with Gasteiger partial charge in [0.15, 0.2) is 5.88 Å². The average molecular weight is 161 g/mol. The van der Waals surface area contributed by atoms with Crippen LogP contribution in [-0.4, -0.2) is 5.11 Å². The molecule has 0 aliphatic carbocycles. The van der Waals surface area contributed by atoms with E-state index < -0.39 is 0 Å². The predicted molar refractivity (Wildman–Crippen MR) is 48.6 cm³/mol. The van der Waals surface area contributed by atoms with Gasteiger partial charge < -0.3 is 10.4 Å². The van der Waals surface area contributed by atoms with Gasteiger partial charge in [0, 0.05) is 6.08 Å². The smallest absolute Gasteiger partial charge is 0.185 e. The minimum atomic E-state index is 0.200. The van der Waals surface area contributed by atoms with E-state index in [0.717, 1.165) is 5.56 Å². The zero-order chi connectivity index (χ0) is 8.55. The molecule has 0 saturated heterocycles. The van der Waals surface area contributed by atoms with Gasteiger partial charge in [-0.15, -0.1) is 0 Å². The molecule has 1 aromatic rings. The van der Waals surface area contributed by atoms with Gasteiger partial charge in [-0.3, -0.25) is 0 Å². The van der Waals surface area contributed by atoms with E-state index in [9.17, 15) is 5.11 Å². The molecule has 0 amide bonds. The Balaban J connectivity index is 2.55. The van der Waals surface area contributed by atoms with Gasteiger partial charge in [-0.1, -0.05) is 24.3 Å². The topological polar surface area (TPSA) is 32.3 Å². The Hall–Kier alpha value is -1.44. The van der Waals surface area contributed by atoms with Gasteiger partial charge >= 0.3 is 0 Å². The maximum Gasteiger partial charge on any atom is 0.185 e. The van der Waals surface area contributed by atoms with Gasteiger partial charge in [0.25, 0.3) is 0 Å². The molecule has 0 radical (unpaired) electrons. The molecule has 1 heterocycles. The summed E-state index contributed by atoms with van der Waals surface area (Å²) in [5.74, 6) is 0.251. The minimum Gasteiger partial charge on any atom is -0.495 e. The molecule has 1 aliphatic heterocycles. The molecule has 2 nitrogen and oxygen atoms in total. The summed E-state index contributed by atoms with van der Waals surface area (Å²) in [6.07, 6.45) is 1.75. The summed E-state index contributed by atoms with van der Waals surface area (Å²) in [5.41, 5.74) is 2.33. The molecule has 0 saturated carbocycles. The molecule has 2 heteroatoms. The van der Waals surface area contributed by atoms with E-state index in [2.05, 4.69) is 11.4 Å². The number of hydrogen-bond acceptors (Lipinski definition) is 2. The molecule has 2 N–H and O–H groups in total. The van der Waals surface area contributed by atoms with Gasteiger partial charge in [-0.2, -0.15) is 0 Å². The van der Waals surface area contributed by atoms with Crippen molar-refractivity contribution in [1.29, 1.82) is 0 Å². The van der Waals surface area contributed by atoms with E-state index >= 15 is 0 Å². The van der Waals surface area contributed by atoms with Crippen LogP contribution in [-0.2, 0) is 0 Å². The first-order chi connectivity index (χ1) is 5.77. The molecule has 1 unspecified atom stereocenters. The highest BCUT2D eigenvalue weighted by Gasteiger charge is 2.14. The predicted octanol–water partition coefficient (Wildman–Crippen LogP) is 2.21. The number of aliphatic hydroxyl groups excluding tert-OH is 1. The van der Waals surface area contributed by atoms with Crippen LogP contribution in [0.2, 0.25) is 0 Å². The van der Waals surface area contributed by atoms with E-state index in [-0.39, 0.29) is 11.9 Å². The summed E-state index contributed by atoms with van der Waals surface area (Å²) < 4.78 is 0. The van der Waals surface area contributed by atoms with Crippen molar-refractivity contribution in [2.45, 2.75) is 13.0 Å². The molecule has 1 atom stereocenters. The quantitative estimate of drug-likeness (QED) is 0.611. The fourth-order valence-corrected chi connectivity index (χ4v) is 1.53. The number of benzene rings is 1. The van der Waals surface area contributed by atoms with Crippen LogP contribution >= 0.6 is 0 Å². The third-order valence-electron chi connectivity index (χ3n) is 2.12. The maximum absolute atomic E-state index is 9.28. The highest BCUT2D eigenvalue weighted by molar-refractivity contribution is 5.58. The molecule has 62 valence electrons. The first kappa shape index (κ1) is 7.22. The van der Waals surface area contributed by atoms with Crippen molar-refractivity contribution in [1.82, 2.24) is 5.32 Å². The Labute approximate surface area is 71.5 Å². The first-order valence-electron chi connectivity index (χ1n) is 4.03. The van der Waals surface area contributed by atoms with Crippen LogP contribution < -0.4 is 5.32 Å². The van der Waals surface area contributed by atoms with E-state index in [1.54, 1.807) is 6.08 Å². The van der Waals surface area contributed by atoms with Crippen LogP contribution in [0, 0.1) is 0 Å². The molecule has 0 aromatic heterocycles. The largest absolute Gasteiger partial charge is 0.495 e. The molecule has 1 aromatic carbocycles. The van der Waals surface area contributed by atoms with E-state index in [4.69, 9.17) is 0 Å². The maximum atomic E-state index is 9.28. The average Bonchev–Trinajstić information content (AvgIpc) is 2.04. The van der Waals surface area contributed by atoms with Gasteiger partial charge in [-0.25, -0.2) is 0 Å². The summed E-state index contributed by atoms with van der Waals surface area (Å²) >= 11 is 0. The second kappa shape index (κ2) is 2.55. The lowest BCUT2D eigenvalue weighted by molar-refractivity contribution is 0.348. The molecule has 12 heavy (non-hydrogen) atoms. The molecular formula is C10H11NO. The lowest BCUT2D eigenvalue weighted by atomic mass is 9.99. The fourth-order valence-electron chi connectivity index (χ4n) is 1.53. The van der Waals surface area contributed by atoms with Crippen molar-refractivity contribution in [2.24, 2.45) is 0 Å². The van der Waals surface area contributed by atoms with Crippen molar-refractivity contribution in [3.63, 3.8) is 0 Å². The summed E-state index contributed by atoms with van der Waals surface area (Å²) in [5, 5.41) is 12.2. The van der Waals surface area contributed by atoms with Gasteiger partial charge in [0.05, 0.1) is 6.04 Å². The van der Waals surface area contributed by atoms with Gasteiger partial charge in [-0.05, 0) is 18.1 Å². The second-order valence-corrected chi connectivity index (χ2v) is 3.02. The summed E-state index contributed by atoms with van der Waals surface area (Å²) in [6.45, 7) is 2.03. The standard InChI is InChI=1S/C10H11NO/c1-7-9-5-3-2-4-8(9)6-10(12)11-7/h2-7,11-12H,1H3. The van der Waals surface area contributed by atoms with E-state index in [1.165, 1.54) is 5.56 Å². The first-order valence-corrected chi connectivity index (χ1v) is 4.03. The van der Waals surface area contributed by atoms with E-state index in [1.807, 2.05) is 25.1 Å². The number of fused-ring (bicyclic) bond motifs is 1. The third-order valence-corrected chi connectivity index (χ3v) is 2.12. The Bertz CT molecular complexity index is 330. The van der Waals surface area contributed by atoms with Crippen LogP contribution in [0.5, 0.6) is 0 Å². The lowest BCUT2D eigenvalue weighted by Gasteiger charge is -2.21. The minimum absolute atomic E-state index is 0.200. The van der Waals surface area contributed by atoms with E-state index in [0.29, 0.717) is 0 Å². The Morgan fingerprint density at radius 3 is 2.92 bits per heavy atom. The Kier molecular flexibility index (Phi) is 1.54. The van der Waals surface area contributed by atoms with Crippen molar-refractivity contribution in [3.05, 3.63) is 41.3 Å². The van der Waals surface area contributed by atoms with Crippen molar-refractivity contribution in [2.75, 3.05) is 0 Å². The number of rotatable bonds is 0. The SMILES string of the molecule is CC1NC(O)=Cc2ccccc21. The highest BCUT2D eigenvalue weighted by Crippen LogP contribution is 2.24. The van der Waals surface area contributed by atoms with Crippen molar-refractivity contribution < 1.29 is 5.11 Å². The number of hydrogen-bond donors (Lipinski definition) is 2. The van der Waals surface area contributed by atoms with Crippen molar-refractivity contribution in [3.8, 4) is 0 Å². The van der Waals surface area contributed by atoms with Crippen LogP contribution in [0.15, 0.2) is 30.1 Å². The Morgan fingerprint density at radius 2 is 2.08 bits per heavy atom. The second-order valence-electron chi connectivity index (χ2n) is 3.02. The molecule has 0 fully saturated rings. The third kappa shape index (κ3) is 1.05. The van der Waals surface area contributed by atoms with Crippen LogP contribution in [0.4, 0.5) is 0 Å². The van der Waals surface area contributed by atoms with Gasteiger partial charge in [0.1, 0.15) is 0 Å². The molecule has 0 bridgehead atoms. The van der Waals surface area contributed by atoms with Crippen LogP contribution in [0.3, 0.4) is 0 Å². The zero-order valence-electron chi connectivity index (χ0n) is 6.91. The van der Waals surface area contributed by atoms with Crippen LogP contribution in [0.1, 0.15) is 24.1 Å². The summed E-state index contributed by atoms with van der Waals surface area (Å²) in [7, 11) is 0. The normalized spacial score (nSPS) is 20.8. The molecule has 2 rings (SSSR count).